The van der Waals surface area contributed by atoms with E-state index < -0.39 is 0 Å². The zero-order valence-corrected chi connectivity index (χ0v) is 17.6. The Balaban J connectivity index is 1.67. The summed E-state index contributed by atoms with van der Waals surface area (Å²) in [6.07, 6.45) is 0.674. The van der Waals surface area contributed by atoms with Gasteiger partial charge in [0.25, 0.3) is 0 Å². The maximum absolute atomic E-state index is 13.2. The zero-order valence-electron chi connectivity index (χ0n) is 17.6. The van der Waals surface area contributed by atoms with Gasteiger partial charge in [0.15, 0.2) is 0 Å². The lowest BCUT2D eigenvalue weighted by Gasteiger charge is -2.41. The summed E-state index contributed by atoms with van der Waals surface area (Å²) >= 11 is 0. The van der Waals surface area contributed by atoms with Crippen molar-refractivity contribution in [2.45, 2.75) is 12.5 Å². The van der Waals surface area contributed by atoms with Gasteiger partial charge in [0.05, 0.1) is 11.7 Å². The van der Waals surface area contributed by atoms with E-state index in [2.05, 4.69) is 12.1 Å². The highest BCUT2D eigenvalue weighted by molar-refractivity contribution is 6.01. The van der Waals surface area contributed by atoms with E-state index in [1.807, 2.05) is 77.7 Å². The van der Waals surface area contributed by atoms with Crippen LogP contribution in [0, 0.1) is 0 Å². The molecule has 158 valence electrons. The SMILES string of the molecule is COCC(=O)N1CC(=O)N(c2ccccc2-c2ccccc2)CC1Cc1ccccc1. The number of hydrogen-bond donors (Lipinski definition) is 0. The van der Waals surface area contributed by atoms with Gasteiger partial charge in [-0.25, -0.2) is 0 Å². The fraction of sp³-hybridized carbons (Fsp3) is 0.231. The molecule has 0 aliphatic carbocycles. The molecule has 1 atom stereocenters. The van der Waals surface area contributed by atoms with Crippen molar-refractivity contribution in [3.63, 3.8) is 0 Å². The van der Waals surface area contributed by atoms with Gasteiger partial charge < -0.3 is 14.5 Å². The van der Waals surface area contributed by atoms with Gasteiger partial charge in [-0.1, -0.05) is 78.9 Å². The number of nitrogens with zero attached hydrogens (tertiary/aromatic N) is 2. The minimum absolute atomic E-state index is 0.0286. The van der Waals surface area contributed by atoms with Gasteiger partial charge >= 0.3 is 0 Å². The molecule has 0 radical (unpaired) electrons. The van der Waals surface area contributed by atoms with Gasteiger partial charge in [-0.2, -0.15) is 0 Å². The highest BCUT2D eigenvalue weighted by atomic mass is 16.5. The second kappa shape index (κ2) is 9.58. The maximum Gasteiger partial charge on any atom is 0.249 e. The summed E-state index contributed by atoms with van der Waals surface area (Å²) in [7, 11) is 1.50. The molecular weight excluding hydrogens is 388 g/mol. The van der Waals surface area contributed by atoms with E-state index in [9.17, 15) is 9.59 Å². The molecular formula is C26H26N2O3. The third-order valence-electron chi connectivity index (χ3n) is 5.62. The Morgan fingerprint density at radius 2 is 1.58 bits per heavy atom. The number of carbonyl (C=O) groups is 2. The van der Waals surface area contributed by atoms with Gasteiger partial charge in [0, 0.05) is 19.2 Å². The second-order valence-corrected chi connectivity index (χ2v) is 7.69. The normalized spacial score (nSPS) is 16.4. The third kappa shape index (κ3) is 4.67. The third-order valence-corrected chi connectivity index (χ3v) is 5.62. The largest absolute Gasteiger partial charge is 0.375 e. The molecule has 0 bridgehead atoms. The number of rotatable bonds is 6. The van der Waals surface area contributed by atoms with Crippen LogP contribution in [0.3, 0.4) is 0 Å². The Morgan fingerprint density at radius 1 is 0.935 bits per heavy atom. The lowest BCUT2D eigenvalue weighted by atomic mass is 9.98. The van der Waals surface area contributed by atoms with Crippen LogP contribution in [0.25, 0.3) is 11.1 Å². The summed E-state index contributed by atoms with van der Waals surface area (Å²) in [5.74, 6) is -0.245. The number of hydrogen-bond acceptors (Lipinski definition) is 3. The summed E-state index contributed by atoms with van der Waals surface area (Å²) < 4.78 is 5.06. The van der Waals surface area contributed by atoms with Crippen molar-refractivity contribution < 1.29 is 14.3 Å². The summed E-state index contributed by atoms with van der Waals surface area (Å²) in [6, 6.07) is 27.9. The molecule has 1 unspecified atom stereocenters. The quantitative estimate of drug-likeness (QED) is 0.617. The molecule has 0 aromatic heterocycles. The molecule has 1 aliphatic rings. The molecule has 0 N–H and O–H groups in total. The maximum atomic E-state index is 13.2. The number of benzene rings is 3. The number of anilines is 1. The Bertz CT molecular complexity index is 1040. The lowest BCUT2D eigenvalue weighted by molar-refractivity contribution is -0.142. The molecule has 31 heavy (non-hydrogen) atoms. The van der Waals surface area contributed by atoms with Gasteiger partial charge in [-0.05, 0) is 23.6 Å². The average molecular weight is 415 g/mol. The first kappa shape index (κ1) is 20.8. The molecule has 0 spiro atoms. The van der Waals surface area contributed by atoms with Crippen molar-refractivity contribution >= 4 is 17.5 Å². The van der Waals surface area contributed by atoms with E-state index in [1.54, 1.807) is 4.90 Å². The van der Waals surface area contributed by atoms with Crippen molar-refractivity contribution in [2.75, 3.05) is 31.7 Å². The fourth-order valence-electron chi connectivity index (χ4n) is 4.13. The van der Waals surface area contributed by atoms with E-state index in [0.717, 1.165) is 22.4 Å². The van der Waals surface area contributed by atoms with Crippen LogP contribution >= 0.6 is 0 Å². The predicted molar refractivity (Wildman–Crippen MR) is 122 cm³/mol. The molecule has 5 nitrogen and oxygen atoms in total. The molecule has 1 fully saturated rings. The van der Waals surface area contributed by atoms with Crippen molar-refractivity contribution in [1.82, 2.24) is 4.90 Å². The van der Waals surface area contributed by atoms with Crippen LogP contribution in [0.5, 0.6) is 0 Å². The van der Waals surface area contributed by atoms with Crippen LogP contribution in [-0.4, -0.2) is 49.6 Å². The molecule has 1 aliphatic heterocycles. The molecule has 1 heterocycles. The Labute approximate surface area is 182 Å². The van der Waals surface area contributed by atoms with E-state index in [-0.39, 0.29) is 31.0 Å². The molecule has 2 amide bonds. The average Bonchev–Trinajstić information content (AvgIpc) is 2.81. The first-order chi connectivity index (χ1) is 15.2. The van der Waals surface area contributed by atoms with E-state index in [4.69, 9.17) is 4.74 Å². The lowest BCUT2D eigenvalue weighted by Crippen LogP contribution is -2.59. The molecule has 4 rings (SSSR count). The van der Waals surface area contributed by atoms with Crippen LogP contribution in [0.1, 0.15) is 5.56 Å². The number of methoxy groups -OCH3 is 1. The molecule has 5 heteroatoms. The second-order valence-electron chi connectivity index (χ2n) is 7.69. The number of amides is 2. The minimum atomic E-state index is -0.159. The number of carbonyl (C=O) groups excluding carboxylic acids is 2. The van der Waals surface area contributed by atoms with E-state index in [1.165, 1.54) is 7.11 Å². The van der Waals surface area contributed by atoms with Crippen LogP contribution in [0.4, 0.5) is 5.69 Å². The van der Waals surface area contributed by atoms with Crippen molar-refractivity contribution in [2.24, 2.45) is 0 Å². The first-order valence-corrected chi connectivity index (χ1v) is 10.4. The summed E-state index contributed by atoms with van der Waals surface area (Å²) in [5.41, 5.74) is 4.07. The van der Waals surface area contributed by atoms with Gasteiger partial charge in [-0.15, -0.1) is 0 Å². The Hall–Kier alpha value is -3.44. The highest BCUT2D eigenvalue weighted by Gasteiger charge is 2.36. The summed E-state index contributed by atoms with van der Waals surface area (Å²) in [6.45, 7) is 0.453. The van der Waals surface area contributed by atoms with Gasteiger partial charge in [-0.3, -0.25) is 9.59 Å². The van der Waals surface area contributed by atoms with Crippen LogP contribution < -0.4 is 4.90 Å². The van der Waals surface area contributed by atoms with Crippen molar-refractivity contribution in [3.8, 4) is 11.1 Å². The zero-order chi connectivity index (χ0) is 21.6. The van der Waals surface area contributed by atoms with Crippen LogP contribution in [-0.2, 0) is 20.7 Å². The fourth-order valence-corrected chi connectivity index (χ4v) is 4.13. The standard InChI is InChI=1S/C26H26N2O3/c1-31-19-26(30)27-18-25(29)28(17-22(27)16-20-10-4-2-5-11-20)24-15-9-8-14-23(24)21-12-6-3-7-13-21/h2-15,22H,16-19H2,1H3. The summed E-state index contributed by atoms with van der Waals surface area (Å²) in [5, 5.41) is 0. The number of para-hydroxylation sites is 1. The monoisotopic (exact) mass is 414 g/mol. The Kier molecular flexibility index (Phi) is 6.43. The molecule has 0 saturated carbocycles. The number of piperazine rings is 1. The highest BCUT2D eigenvalue weighted by Crippen LogP contribution is 2.32. The smallest absolute Gasteiger partial charge is 0.249 e. The van der Waals surface area contributed by atoms with Gasteiger partial charge in [0.1, 0.15) is 13.2 Å². The molecule has 3 aromatic rings. The minimum Gasteiger partial charge on any atom is -0.375 e. The van der Waals surface area contributed by atoms with Crippen LogP contribution in [0.15, 0.2) is 84.9 Å². The van der Waals surface area contributed by atoms with E-state index in [0.29, 0.717) is 13.0 Å². The van der Waals surface area contributed by atoms with Gasteiger partial charge in [0.2, 0.25) is 11.8 Å². The first-order valence-electron chi connectivity index (χ1n) is 10.4. The van der Waals surface area contributed by atoms with Crippen molar-refractivity contribution in [1.29, 1.82) is 0 Å². The predicted octanol–water partition coefficient (Wildman–Crippen LogP) is 3.79. The van der Waals surface area contributed by atoms with E-state index >= 15 is 0 Å². The molecule has 3 aromatic carbocycles. The Morgan fingerprint density at radius 3 is 2.29 bits per heavy atom. The topological polar surface area (TPSA) is 49.9 Å². The number of ether oxygens (including phenoxy) is 1. The van der Waals surface area contributed by atoms with Crippen molar-refractivity contribution in [3.05, 3.63) is 90.5 Å². The van der Waals surface area contributed by atoms with Crippen LogP contribution in [0.2, 0.25) is 0 Å². The molecule has 1 saturated heterocycles. The summed E-state index contributed by atoms with van der Waals surface area (Å²) in [4.78, 5) is 29.4.